The molecule has 0 fully saturated rings. The fourth-order valence-electron chi connectivity index (χ4n) is 1.16. The number of fused-ring (bicyclic) bond motifs is 1. The Morgan fingerprint density at radius 3 is 2.13 bits per heavy atom. The van der Waals surface area contributed by atoms with E-state index in [1.165, 1.54) is 0 Å². The van der Waals surface area contributed by atoms with E-state index in [1.807, 2.05) is 0 Å². The first-order valence-electron chi connectivity index (χ1n) is 3.78. The molecule has 0 spiro atoms. The van der Waals surface area contributed by atoms with Crippen molar-refractivity contribution in [3.8, 4) is 0 Å². The molecule has 0 saturated carbocycles. The van der Waals surface area contributed by atoms with Crippen LogP contribution in [-0.2, 0) is 0 Å². The first kappa shape index (κ1) is 9.70. The molecule has 0 saturated heterocycles. The summed E-state index contributed by atoms with van der Waals surface area (Å²) in [6.07, 6.45) is 0. The molecule has 0 aliphatic heterocycles. The van der Waals surface area contributed by atoms with Gasteiger partial charge >= 0.3 is 5.63 Å². The second kappa shape index (κ2) is 3.08. The predicted octanol–water partition coefficient (Wildman–Crippen LogP) is 2.35. The lowest BCUT2D eigenvalue weighted by atomic mass is 10.2. The van der Waals surface area contributed by atoms with Gasteiger partial charge in [-0.3, -0.25) is 0 Å². The molecule has 0 unspecified atom stereocenters. The largest absolute Gasteiger partial charge is 0.419 e. The van der Waals surface area contributed by atoms with E-state index in [4.69, 9.17) is 0 Å². The van der Waals surface area contributed by atoms with Crippen molar-refractivity contribution in [1.29, 1.82) is 0 Å². The quantitative estimate of drug-likeness (QED) is 0.294. The van der Waals surface area contributed by atoms with Gasteiger partial charge in [0.05, 0.1) is 5.39 Å². The summed E-state index contributed by atoms with van der Waals surface area (Å²) < 4.78 is 55.7. The van der Waals surface area contributed by atoms with Crippen molar-refractivity contribution in [3.63, 3.8) is 0 Å². The molecule has 0 N–H and O–H groups in total. The Kier molecular flexibility index (Phi) is 1.99. The van der Waals surface area contributed by atoms with Gasteiger partial charge in [0.25, 0.3) is 0 Å². The van der Waals surface area contributed by atoms with Crippen LogP contribution in [0.5, 0.6) is 0 Å². The van der Waals surface area contributed by atoms with E-state index < -0.39 is 39.9 Å². The van der Waals surface area contributed by atoms with Crippen LogP contribution in [0.25, 0.3) is 11.0 Å². The van der Waals surface area contributed by atoms with E-state index in [0.717, 1.165) is 12.1 Å². The lowest BCUT2D eigenvalue weighted by Crippen LogP contribution is -2.02. The zero-order chi connectivity index (χ0) is 11.2. The second-order valence-corrected chi connectivity index (χ2v) is 2.75. The van der Waals surface area contributed by atoms with Gasteiger partial charge in [0, 0.05) is 6.07 Å². The van der Waals surface area contributed by atoms with E-state index in [9.17, 15) is 22.4 Å². The molecule has 0 aliphatic carbocycles. The van der Waals surface area contributed by atoms with Crippen LogP contribution in [-0.4, -0.2) is 0 Å². The predicted molar refractivity (Wildman–Crippen MR) is 42.3 cm³/mol. The van der Waals surface area contributed by atoms with Crippen molar-refractivity contribution in [2.24, 2.45) is 0 Å². The first-order chi connectivity index (χ1) is 7.02. The molecule has 1 heterocycles. The molecule has 1 aromatic heterocycles. The second-order valence-electron chi connectivity index (χ2n) is 2.75. The van der Waals surface area contributed by atoms with E-state index in [0.29, 0.717) is 0 Å². The minimum absolute atomic E-state index is 0.619. The molecule has 0 atom stereocenters. The molecular weight excluding hydrogens is 216 g/mol. The van der Waals surface area contributed by atoms with Crippen LogP contribution in [0.15, 0.2) is 21.3 Å². The summed E-state index contributed by atoms with van der Waals surface area (Å²) in [5, 5.41) is -0.619. The Morgan fingerprint density at radius 2 is 1.47 bits per heavy atom. The highest BCUT2D eigenvalue weighted by Crippen LogP contribution is 2.25. The first-order valence-corrected chi connectivity index (χ1v) is 3.78. The zero-order valence-electron chi connectivity index (χ0n) is 6.98. The third-order valence-corrected chi connectivity index (χ3v) is 1.85. The summed E-state index contributed by atoms with van der Waals surface area (Å²) in [7, 11) is 0. The summed E-state index contributed by atoms with van der Waals surface area (Å²) >= 11 is 0. The van der Waals surface area contributed by atoms with Crippen LogP contribution in [0.2, 0.25) is 0 Å². The van der Waals surface area contributed by atoms with Crippen molar-refractivity contribution >= 4 is 11.0 Å². The molecule has 0 bridgehead atoms. The van der Waals surface area contributed by atoms with Crippen LogP contribution in [0.3, 0.4) is 0 Å². The maximum Gasteiger partial charge on any atom is 0.336 e. The number of hydrogen-bond donors (Lipinski definition) is 0. The summed E-state index contributed by atoms with van der Waals surface area (Å²) in [6, 6.07) is 1.60. The van der Waals surface area contributed by atoms with Gasteiger partial charge in [0.2, 0.25) is 11.6 Å². The number of halogens is 4. The Balaban J connectivity index is 3.07. The minimum atomic E-state index is -2.01. The van der Waals surface area contributed by atoms with E-state index in [2.05, 4.69) is 4.42 Å². The number of rotatable bonds is 0. The maximum atomic E-state index is 13.0. The van der Waals surface area contributed by atoms with Gasteiger partial charge in [-0.05, 0) is 6.07 Å². The third-order valence-electron chi connectivity index (χ3n) is 1.85. The summed E-state index contributed by atoms with van der Waals surface area (Å²) in [5.41, 5.74) is -1.91. The SMILES string of the molecule is O=c1ccc2c(F)c(F)c(F)c(F)c2o1. The van der Waals surface area contributed by atoms with Crippen molar-refractivity contribution in [2.75, 3.05) is 0 Å². The molecule has 2 rings (SSSR count). The maximum absolute atomic E-state index is 13.0. The number of benzene rings is 1. The van der Waals surface area contributed by atoms with Gasteiger partial charge in [-0.1, -0.05) is 0 Å². The van der Waals surface area contributed by atoms with E-state index >= 15 is 0 Å². The highest BCUT2D eigenvalue weighted by atomic mass is 19.2. The highest BCUT2D eigenvalue weighted by Gasteiger charge is 2.21. The molecule has 2 aromatic rings. The lowest BCUT2D eigenvalue weighted by molar-refractivity contribution is 0.405. The average molecular weight is 218 g/mol. The van der Waals surface area contributed by atoms with Crippen LogP contribution in [0.4, 0.5) is 17.6 Å². The normalized spacial score (nSPS) is 10.9. The Hall–Kier alpha value is -1.85. The van der Waals surface area contributed by atoms with Gasteiger partial charge < -0.3 is 4.42 Å². The van der Waals surface area contributed by atoms with Crippen molar-refractivity contribution < 1.29 is 22.0 Å². The van der Waals surface area contributed by atoms with E-state index in [1.54, 1.807) is 0 Å². The Labute approximate surface area is 79.7 Å². The van der Waals surface area contributed by atoms with Crippen LogP contribution < -0.4 is 5.63 Å². The van der Waals surface area contributed by atoms with Crippen LogP contribution >= 0.6 is 0 Å². The molecule has 1 aromatic carbocycles. The Morgan fingerprint density at radius 1 is 0.867 bits per heavy atom. The summed E-state index contributed by atoms with van der Waals surface area (Å²) in [6.45, 7) is 0. The summed E-state index contributed by atoms with van der Waals surface area (Å²) in [5.74, 6) is -7.25. The molecular formula is C9H2F4O2. The monoisotopic (exact) mass is 218 g/mol. The fourth-order valence-corrected chi connectivity index (χ4v) is 1.16. The molecule has 78 valence electrons. The van der Waals surface area contributed by atoms with Gasteiger partial charge in [0.15, 0.2) is 17.2 Å². The molecule has 0 amide bonds. The molecule has 15 heavy (non-hydrogen) atoms. The average Bonchev–Trinajstić information content (AvgIpc) is 2.23. The minimum Gasteiger partial charge on any atom is -0.419 e. The number of hydrogen-bond acceptors (Lipinski definition) is 2. The van der Waals surface area contributed by atoms with Crippen molar-refractivity contribution in [2.45, 2.75) is 0 Å². The van der Waals surface area contributed by atoms with Crippen molar-refractivity contribution in [3.05, 3.63) is 45.8 Å². The summed E-state index contributed by atoms with van der Waals surface area (Å²) in [4.78, 5) is 10.7. The fraction of sp³-hybridized carbons (Fsp3) is 0. The van der Waals surface area contributed by atoms with Gasteiger partial charge in [-0.15, -0.1) is 0 Å². The van der Waals surface area contributed by atoms with Crippen LogP contribution in [0.1, 0.15) is 0 Å². The van der Waals surface area contributed by atoms with Gasteiger partial charge in [0.1, 0.15) is 0 Å². The van der Waals surface area contributed by atoms with E-state index in [-0.39, 0.29) is 0 Å². The molecule has 6 heteroatoms. The zero-order valence-corrected chi connectivity index (χ0v) is 6.98. The van der Waals surface area contributed by atoms with Crippen LogP contribution in [0, 0.1) is 23.3 Å². The standard InChI is InChI=1S/C9H2F4O2/c10-5-3-1-2-4(14)15-9(3)8(13)7(12)6(5)11/h1-2H. The molecule has 0 aliphatic rings. The van der Waals surface area contributed by atoms with Crippen molar-refractivity contribution in [1.82, 2.24) is 0 Å². The molecule has 0 radical (unpaired) electrons. The molecule has 2 nitrogen and oxygen atoms in total. The highest BCUT2D eigenvalue weighted by molar-refractivity contribution is 5.77. The van der Waals surface area contributed by atoms with Gasteiger partial charge in [-0.25, -0.2) is 18.0 Å². The van der Waals surface area contributed by atoms with Gasteiger partial charge in [-0.2, -0.15) is 4.39 Å². The lowest BCUT2D eigenvalue weighted by Gasteiger charge is -2.01. The topological polar surface area (TPSA) is 30.2 Å². The Bertz CT molecular complexity index is 603. The third kappa shape index (κ3) is 1.29. The smallest absolute Gasteiger partial charge is 0.336 e.